The van der Waals surface area contributed by atoms with Crippen molar-refractivity contribution in [2.75, 3.05) is 6.61 Å². The molecule has 0 spiro atoms. The molecule has 2 aromatic heterocycles. The van der Waals surface area contributed by atoms with Gasteiger partial charge in [0.15, 0.2) is 5.65 Å². The highest BCUT2D eigenvalue weighted by Crippen LogP contribution is 2.21. The number of nitrogens with zero attached hydrogens (tertiary/aromatic N) is 3. The van der Waals surface area contributed by atoms with E-state index in [2.05, 4.69) is 16.1 Å². The van der Waals surface area contributed by atoms with Crippen LogP contribution in [-0.2, 0) is 6.42 Å². The molecule has 0 bridgehead atoms. The van der Waals surface area contributed by atoms with Crippen molar-refractivity contribution in [3.05, 3.63) is 53.6 Å². The molecule has 0 atom stereocenters. The van der Waals surface area contributed by atoms with Gasteiger partial charge in [-0.25, -0.2) is 14.1 Å². The molecule has 1 aromatic carbocycles. The molecule has 108 valence electrons. The Bertz CT molecular complexity index is 765. The van der Waals surface area contributed by atoms with Gasteiger partial charge in [0.2, 0.25) is 0 Å². The molecule has 4 nitrogen and oxygen atoms in total. The van der Waals surface area contributed by atoms with E-state index in [0.717, 1.165) is 40.8 Å². The second-order valence-corrected chi connectivity index (χ2v) is 5.02. The van der Waals surface area contributed by atoms with Crippen molar-refractivity contribution in [1.82, 2.24) is 14.8 Å². The maximum absolute atomic E-state index is 13.0. The van der Waals surface area contributed by atoms with Gasteiger partial charge in [-0.15, -0.1) is 0 Å². The molecule has 3 aromatic rings. The maximum Gasteiger partial charge on any atom is 0.163 e. The van der Waals surface area contributed by atoms with Crippen molar-refractivity contribution in [1.29, 1.82) is 0 Å². The van der Waals surface area contributed by atoms with Gasteiger partial charge in [-0.05, 0) is 55.7 Å². The average molecular weight is 285 g/mol. The van der Waals surface area contributed by atoms with Gasteiger partial charge in [-0.1, -0.05) is 0 Å². The van der Waals surface area contributed by atoms with E-state index in [9.17, 15) is 4.39 Å². The molecule has 1 N–H and O–H groups in total. The number of aliphatic hydroxyl groups excluding tert-OH is 1. The summed E-state index contributed by atoms with van der Waals surface area (Å²) in [4.78, 5) is 4.48. The summed E-state index contributed by atoms with van der Waals surface area (Å²) in [6.45, 7) is 2.10. The predicted octanol–water partition coefficient (Wildman–Crippen LogP) is 2.79. The first-order valence-corrected chi connectivity index (χ1v) is 6.90. The number of hydrogen-bond donors (Lipinski definition) is 1. The quantitative estimate of drug-likeness (QED) is 0.802. The minimum Gasteiger partial charge on any atom is -0.396 e. The van der Waals surface area contributed by atoms with Gasteiger partial charge in [0.25, 0.3) is 0 Å². The highest BCUT2D eigenvalue weighted by atomic mass is 19.1. The number of halogens is 1. The van der Waals surface area contributed by atoms with E-state index in [1.807, 2.05) is 6.92 Å². The molecule has 0 radical (unpaired) electrons. The Balaban J connectivity index is 2.06. The molecule has 2 heterocycles. The van der Waals surface area contributed by atoms with Crippen molar-refractivity contribution >= 4 is 11.0 Å². The molecule has 21 heavy (non-hydrogen) atoms. The molecule has 0 aliphatic rings. The summed E-state index contributed by atoms with van der Waals surface area (Å²) >= 11 is 0. The largest absolute Gasteiger partial charge is 0.396 e. The van der Waals surface area contributed by atoms with Crippen molar-refractivity contribution in [2.45, 2.75) is 19.8 Å². The third-order valence-electron chi connectivity index (χ3n) is 3.46. The van der Waals surface area contributed by atoms with Crippen molar-refractivity contribution in [3.8, 4) is 5.69 Å². The Hall–Kier alpha value is -2.27. The first-order chi connectivity index (χ1) is 10.2. The second-order valence-electron chi connectivity index (χ2n) is 5.02. The van der Waals surface area contributed by atoms with E-state index in [-0.39, 0.29) is 12.4 Å². The summed E-state index contributed by atoms with van der Waals surface area (Å²) in [6, 6.07) is 8.24. The zero-order valence-corrected chi connectivity index (χ0v) is 11.8. The van der Waals surface area contributed by atoms with Gasteiger partial charge >= 0.3 is 0 Å². The first-order valence-electron chi connectivity index (χ1n) is 6.90. The minimum absolute atomic E-state index is 0.172. The van der Waals surface area contributed by atoms with Crippen LogP contribution in [0, 0.1) is 12.7 Å². The number of aryl methyl sites for hydroxylation is 2. The fraction of sp³-hybridized carbons (Fsp3) is 0.250. The van der Waals surface area contributed by atoms with Gasteiger partial charge in [-0.3, -0.25) is 0 Å². The lowest BCUT2D eigenvalue weighted by Gasteiger charge is -2.03. The van der Waals surface area contributed by atoms with E-state index in [0.29, 0.717) is 0 Å². The molecule has 0 aliphatic carbocycles. The van der Waals surface area contributed by atoms with Gasteiger partial charge in [0.05, 0.1) is 11.4 Å². The molecule has 0 unspecified atom stereocenters. The van der Waals surface area contributed by atoms with E-state index in [1.54, 1.807) is 23.0 Å². The highest BCUT2D eigenvalue weighted by molar-refractivity contribution is 5.80. The highest BCUT2D eigenvalue weighted by Gasteiger charge is 2.11. The van der Waals surface area contributed by atoms with Crippen LogP contribution < -0.4 is 0 Å². The van der Waals surface area contributed by atoms with Crippen LogP contribution in [0.4, 0.5) is 4.39 Å². The summed E-state index contributed by atoms with van der Waals surface area (Å²) in [5.74, 6) is -0.272. The van der Waals surface area contributed by atoms with Crippen molar-refractivity contribution in [2.24, 2.45) is 0 Å². The third kappa shape index (κ3) is 2.64. The number of pyridine rings is 1. The lowest BCUT2D eigenvalue weighted by atomic mass is 10.1. The van der Waals surface area contributed by atoms with Crippen LogP contribution in [0.5, 0.6) is 0 Å². The monoisotopic (exact) mass is 285 g/mol. The Morgan fingerprint density at radius 3 is 2.71 bits per heavy atom. The molecule has 0 saturated carbocycles. The summed E-state index contributed by atoms with van der Waals surface area (Å²) < 4.78 is 14.7. The van der Waals surface area contributed by atoms with Crippen molar-refractivity contribution < 1.29 is 9.50 Å². The number of aliphatic hydroxyl groups is 1. The van der Waals surface area contributed by atoms with Crippen LogP contribution in [0.1, 0.15) is 17.7 Å². The Labute approximate surface area is 121 Å². The predicted molar refractivity (Wildman–Crippen MR) is 79.0 cm³/mol. The topological polar surface area (TPSA) is 50.9 Å². The lowest BCUT2D eigenvalue weighted by molar-refractivity contribution is 0.288. The molecular formula is C16H16FN3O. The molecule has 3 rings (SSSR count). The van der Waals surface area contributed by atoms with Crippen LogP contribution in [0.3, 0.4) is 0 Å². The van der Waals surface area contributed by atoms with Crippen molar-refractivity contribution in [3.63, 3.8) is 0 Å². The number of aromatic nitrogens is 3. The summed E-state index contributed by atoms with van der Waals surface area (Å²) in [5.41, 5.74) is 3.50. The van der Waals surface area contributed by atoms with Crippen LogP contribution in [-0.4, -0.2) is 26.5 Å². The SMILES string of the molecule is Cc1nn(-c2ccc(F)cc2)c2ncc(CCCO)cc12. The fourth-order valence-electron chi connectivity index (χ4n) is 2.37. The van der Waals surface area contributed by atoms with Gasteiger partial charge in [0, 0.05) is 18.2 Å². The molecule has 0 aliphatic heterocycles. The Kier molecular flexibility index (Phi) is 3.66. The number of fused-ring (bicyclic) bond motifs is 1. The maximum atomic E-state index is 13.0. The summed E-state index contributed by atoms with van der Waals surface area (Å²) in [7, 11) is 0. The first kappa shape index (κ1) is 13.7. The molecule has 0 saturated heterocycles. The van der Waals surface area contributed by atoms with Crippen LogP contribution in [0.2, 0.25) is 0 Å². The van der Waals surface area contributed by atoms with E-state index < -0.39 is 0 Å². The minimum atomic E-state index is -0.272. The van der Waals surface area contributed by atoms with Crippen LogP contribution in [0.25, 0.3) is 16.7 Å². The van der Waals surface area contributed by atoms with E-state index in [4.69, 9.17) is 5.11 Å². The van der Waals surface area contributed by atoms with E-state index in [1.165, 1.54) is 12.1 Å². The molecule has 5 heteroatoms. The molecule has 0 fully saturated rings. The summed E-state index contributed by atoms with van der Waals surface area (Å²) in [6.07, 6.45) is 3.32. The number of hydrogen-bond acceptors (Lipinski definition) is 3. The molecular weight excluding hydrogens is 269 g/mol. The fourth-order valence-corrected chi connectivity index (χ4v) is 2.37. The number of rotatable bonds is 4. The van der Waals surface area contributed by atoms with Gasteiger partial charge in [0.1, 0.15) is 5.82 Å². The lowest BCUT2D eigenvalue weighted by Crippen LogP contribution is -1.98. The average Bonchev–Trinajstić information content (AvgIpc) is 2.83. The number of benzene rings is 1. The Morgan fingerprint density at radius 1 is 1.24 bits per heavy atom. The zero-order valence-electron chi connectivity index (χ0n) is 11.8. The normalized spacial score (nSPS) is 11.2. The van der Waals surface area contributed by atoms with Crippen LogP contribution in [0.15, 0.2) is 36.5 Å². The van der Waals surface area contributed by atoms with Gasteiger partial charge < -0.3 is 5.11 Å². The summed E-state index contributed by atoms with van der Waals surface area (Å²) in [5, 5.41) is 14.4. The van der Waals surface area contributed by atoms with Gasteiger partial charge in [-0.2, -0.15) is 5.10 Å². The van der Waals surface area contributed by atoms with Crippen LogP contribution >= 0.6 is 0 Å². The smallest absolute Gasteiger partial charge is 0.163 e. The Morgan fingerprint density at radius 2 is 2.00 bits per heavy atom. The third-order valence-corrected chi connectivity index (χ3v) is 3.46. The zero-order chi connectivity index (χ0) is 14.8. The standard InChI is InChI=1S/C16H16FN3O/c1-11-15-9-12(3-2-8-21)10-18-16(15)20(19-11)14-6-4-13(17)5-7-14/h4-7,9-10,21H,2-3,8H2,1H3. The second kappa shape index (κ2) is 5.61. The van der Waals surface area contributed by atoms with E-state index >= 15 is 0 Å². The molecule has 0 amide bonds.